The van der Waals surface area contributed by atoms with Crippen LogP contribution in [-0.4, -0.2) is 46.2 Å². The van der Waals surface area contributed by atoms with Crippen molar-refractivity contribution in [3.05, 3.63) is 0 Å². The molecule has 21 heavy (non-hydrogen) atoms. The molecule has 2 fully saturated rings. The lowest BCUT2D eigenvalue weighted by Gasteiger charge is -2.29. The summed E-state index contributed by atoms with van der Waals surface area (Å²) in [6, 6.07) is 0. The van der Waals surface area contributed by atoms with Crippen LogP contribution in [0.15, 0.2) is 0 Å². The number of hydrogen-bond acceptors (Lipinski definition) is 3. The molecule has 2 rings (SSSR count). The van der Waals surface area contributed by atoms with Crippen LogP contribution in [0.4, 0.5) is 0 Å². The number of carboxylic acids is 1. The molecule has 0 bridgehead atoms. The first kappa shape index (κ1) is 16.3. The largest absolute Gasteiger partial charge is 0.481 e. The first-order chi connectivity index (χ1) is 9.94. The molecule has 1 heterocycles. The summed E-state index contributed by atoms with van der Waals surface area (Å²) in [5.74, 6) is -0.740. The predicted molar refractivity (Wildman–Crippen MR) is 78.8 cm³/mol. The summed E-state index contributed by atoms with van der Waals surface area (Å²) in [7, 11) is 0. The van der Waals surface area contributed by atoms with Crippen molar-refractivity contribution in [2.75, 3.05) is 13.1 Å². The van der Waals surface area contributed by atoms with Crippen LogP contribution in [-0.2, 0) is 9.59 Å². The first-order valence-corrected chi connectivity index (χ1v) is 8.14. The second-order valence-electron chi connectivity index (χ2n) is 6.81. The van der Waals surface area contributed by atoms with Crippen LogP contribution < -0.4 is 0 Å². The monoisotopic (exact) mass is 297 g/mol. The minimum Gasteiger partial charge on any atom is -0.481 e. The van der Waals surface area contributed by atoms with E-state index in [1.807, 2.05) is 0 Å². The number of rotatable bonds is 4. The number of hydrogen-bond donors (Lipinski definition) is 2. The van der Waals surface area contributed by atoms with Gasteiger partial charge in [0.25, 0.3) is 0 Å². The van der Waals surface area contributed by atoms with Gasteiger partial charge in [0.2, 0.25) is 5.91 Å². The molecule has 120 valence electrons. The van der Waals surface area contributed by atoms with Gasteiger partial charge in [-0.25, -0.2) is 0 Å². The van der Waals surface area contributed by atoms with E-state index in [1.54, 1.807) is 11.8 Å². The zero-order valence-electron chi connectivity index (χ0n) is 12.9. The smallest absolute Gasteiger partial charge is 0.310 e. The number of aliphatic carboxylic acids is 1. The van der Waals surface area contributed by atoms with Crippen molar-refractivity contribution in [2.24, 2.45) is 11.3 Å². The Bertz CT molecular complexity index is 386. The summed E-state index contributed by atoms with van der Waals surface area (Å²) in [5.41, 5.74) is -0.865. The van der Waals surface area contributed by atoms with Gasteiger partial charge < -0.3 is 15.1 Å². The highest BCUT2D eigenvalue weighted by Crippen LogP contribution is 2.39. The number of carboxylic acid groups (broad SMARTS) is 1. The Morgan fingerprint density at radius 2 is 1.86 bits per heavy atom. The van der Waals surface area contributed by atoms with E-state index in [2.05, 4.69) is 0 Å². The molecule has 1 saturated carbocycles. The Morgan fingerprint density at radius 1 is 1.24 bits per heavy atom. The highest BCUT2D eigenvalue weighted by molar-refractivity contribution is 5.85. The second-order valence-corrected chi connectivity index (χ2v) is 6.81. The van der Waals surface area contributed by atoms with Gasteiger partial charge in [0, 0.05) is 25.4 Å². The van der Waals surface area contributed by atoms with Gasteiger partial charge in [-0.05, 0) is 26.2 Å². The summed E-state index contributed by atoms with van der Waals surface area (Å²) < 4.78 is 0. The van der Waals surface area contributed by atoms with Crippen molar-refractivity contribution in [3.8, 4) is 0 Å². The number of carbonyl (C=O) groups is 2. The molecule has 0 aromatic rings. The molecule has 0 aromatic heterocycles. The SMILES string of the molecule is CC(O)C1CCN(C(=O)CC2(C(=O)O)CCCCCC2)C1. The van der Waals surface area contributed by atoms with Crippen molar-refractivity contribution < 1.29 is 19.8 Å². The van der Waals surface area contributed by atoms with Gasteiger partial charge in [-0.2, -0.15) is 0 Å². The highest BCUT2D eigenvalue weighted by atomic mass is 16.4. The van der Waals surface area contributed by atoms with Crippen LogP contribution in [0.1, 0.15) is 58.3 Å². The number of carbonyl (C=O) groups excluding carboxylic acids is 1. The Hall–Kier alpha value is -1.10. The molecule has 1 aliphatic carbocycles. The molecule has 1 aliphatic heterocycles. The number of amides is 1. The molecule has 2 unspecified atom stereocenters. The van der Waals surface area contributed by atoms with Gasteiger partial charge in [-0.15, -0.1) is 0 Å². The summed E-state index contributed by atoms with van der Waals surface area (Å²) in [4.78, 5) is 26.0. The summed E-state index contributed by atoms with van der Waals surface area (Å²) in [6.07, 6.45) is 5.68. The average molecular weight is 297 g/mol. The van der Waals surface area contributed by atoms with Gasteiger partial charge in [0.1, 0.15) is 0 Å². The summed E-state index contributed by atoms with van der Waals surface area (Å²) >= 11 is 0. The van der Waals surface area contributed by atoms with Crippen LogP contribution in [0.3, 0.4) is 0 Å². The molecule has 1 saturated heterocycles. The van der Waals surface area contributed by atoms with Crippen LogP contribution in [0, 0.1) is 11.3 Å². The summed E-state index contributed by atoms with van der Waals surface area (Å²) in [6.45, 7) is 2.96. The standard InChI is InChI=1S/C16H27NO4/c1-12(18)13-6-9-17(11-13)14(19)10-16(15(20)21)7-4-2-3-5-8-16/h12-13,18H,2-11H2,1H3,(H,20,21). The van der Waals surface area contributed by atoms with E-state index in [4.69, 9.17) is 0 Å². The van der Waals surface area contributed by atoms with Gasteiger partial charge >= 0.3 is 5.97 Å². The number of likely N-dealkylation sites (tertiary alicyclic amines) is 1. The molecule has 2 atom stereocenters. The molecule has 5 heteroatoms. The lowest BCUT2D eigenvalue weighted by atomic mass is 9.77. The van der Waals surface area contributed by atoms with Crippen molar-refractivity contribution in [1.29, 1.82) is 0 Å². The van der Waals surface area contributed by atoms with Crippen molar-refractivity contribution >= 4 is 11.9 Å². The lowest BCUT2D eigenvalue weighted by Crippen LogP contribution is -2.39. The highest BCUT2D eigenvalue weighted by Gasteiger charge is 2.42. The van der Waals surface area contributed by atoms with Gasteiger partial charge in [0.15, 0.2) is 0 Å². The normalized spacial score (nSPS) is 27.1. The van der Waals surface area contributed by atoms with E-state index >= 15 is 0 Å². The zero-order valence-corrected chi connectivity index (χ0v) is 12.9. The van der Waals surface area contributed by atoms with E-state index in [1.165, 1.54) is 0 Å². The number of aliphatic hydroxyl groups is 1. The average Bonchev–Trinajstić information content (AvgIpc) is 2.81. The maximum atomic E-state index is 12.5. The molecule has 0 spiro atoms. The molecule has 0 aromatic carbocycles. The van der Waals surface area contributed by atoms with Crippen molar-refractivity contribution in [2.45, 2.75) is 64.4 Å². The Kier molecular flexibility index (Phi) is 5.25. The Balaban J connectivity index is 2.00. The van der Waals surface area contributed by atoms with Gasteiger partial charge in [-0.3, -0.25) is 9.59 Å². The van der Waals surface area contributed by atoms with Crippen molar-refractivity contribution in [3.63, 3.8) is 0 Å². The van der Waals surface area contributed by atoms with E-state index in [-0.39, 0.29) is 18.2 Å². The molecule has 5 nitrogen and oxygen atoms in total. The number of nitrogens with zero attached hydrogens (tertiary/aromatic N) is 1. The van der Waals surface area contributed by atoms with Crippen LogP contribution in [0.2, 0.25) is 0 Å². The van der Waals surface area contributed by atoms with E-state index < -0.39 is 17.5 Å². The molecule has 0 radical (unpaired) electrons. The Labute approximate surface area is 126 Å². The maximum absolute atomic E-state index is 12.5. The third kappa shape index (κ3) is 3.76. The first-order valence-electron chi connectivity index (χ1n) is 8.14. The molecular formula is C16H27NO4. The fourth-order valence-corrected chi connectivity index (χ4v) is 3.68. The quantitative estimate of drug-likeness (QED) is 0.778. The minimum absolute atomic E-state index is 0.0533. The topological polar surface area (TPSA) is 77.8 Å². The third-order valence-corrected chi connectivity index (χ3v) is 5.26. The second kappa shape index (κ2) is 6.77. The van der Waals surface area contributed by atoms with Crippen LogP contribution in [0.25, 0.3) is 0 Å². The fourth-order valence-electron chi connectivity index (χ4n) is 3.68. The predicted octanol–water partition coefficient (Wildman–Crippen LogP) is 2.03. The molecule has 1 amide bonds. The minimum atomic E-state index is -0.865. The molecular weight excluding hydrogens is 270 g/mol. The molecule has 2 N–H and O–H groups in total. The van der Waals surface area contributed by atoms with Gasteiger partial charge in [0.05, 0.1) is 11.5 Å². The zero-order chi connectivity index (χ0) is 15.5. The molecule has 2 aliphatic rings. The summed E-state index contributed by atoms with van der Waals surface area (Å²) in [5, 5.41) is 19.3. The van der Waals surface area contributed by atoms with Crippen molar-refractivity contribution in [1.82, 2.24) is 4.90 Å². The fraction of sp³-hybridized carbons (Fsp3) is 0.875. The van der Waals surface area contributed by atoms with E-state index in [9.17, 15) is 19.8 Å². The Morgan fingerprint density at radius 3 is 2.33 bits per heavy atom. The maximum Gasteiger partial charge on any atom is 0.310 e. The van der Waals surface area contributed by atoms with E-state index in [0.29, 0.717) is 25.9 Å². The van der Waals surface area contributed by atoms with E-state index in [0.717, 1.165) is 32.1 Å². The van der Waals surface area contributed by atoms with Crippen LogP contribution in [0.5, 0.6) is 0 Å². The lowest BCUT2D eigenvalue weighted by molar-refractivity contribution is -0.154. The number of aliphatic hydroxyl groups excluding tert-OH is 1. The van der Waals surface area contributed by atoms with Crippen LogP contribution >= 0.6 is 0 Å². The van der Waals surface area contributed by atoms with Gasteiger partial charge in [-0.1, -0.05) is 25.7 Å². The third-order valence-electron chi connectivity index (χ3n) is 5.26.